The van der Waals surface area contributed by atoms with Gasteiger partial charge in [-0.15, -0.1) is 24.8 Å². The SMILES string of the molecule is C=C.O=C(Nc1cccc(Cl)c1)OCC#CCCl. The highest BCUT2D eigenvalue weighted by Gasteiger charge is 2.01. The molecule has 0 aliphatic carbocycles. The molecule has 0 aliphatic rings. The lowest BCUT2D eigenvalue weighted by molar-refractivity contribution is 0.176. The number of amides is 1. The molecule has 0 saturated carbocycles. The molecule has 96 valence electrons. The molecule has 0 aliphatic heterocycles. The third kappa shape index (κ3) is 7.61. The lowest BCUT2D eigenvalue weighted by Gasteiger charge is -2.04. The van der Waals surface area contributed by atoms with Crippen LogP contribution in [0, 0.1) is 11.8 Å². The lowest BCUT2D eigenvalue weighted by atomic mass is 10.3. The van der Waals surface area contributed by atoms with Crippen molar-refractivity contribution in [1.29, 1.82) is 0 Å². The van der Waals surface area contributed by atoms with Gasteiger partial charge in [-0.3, -0.25) is 5.32 Å². The Morgan fingerprint density at radius 1 is 1.39 bits per heavy atom. The van der Waals surface area contributed by atoms with E-state index in [0.29, 0.717) is 10.7 Å². The number of benzene rings is 1. The van der Waals surface area contributed by atoms with Crippen molar-refractivity contribution in [2.75, 3.05) is 17.8 Å². The molecule has 0 fully saturated rings. The number of anilines is 1. The first-order chi connectivity index (χ1) is 8.72. The van der Waals surface area contributed by atoms with E-state index in [1.54, 1.807) is 24.3 Å². The van der Waals surface area contributed by atoms with Crippen LogP contribution < -0.4 is 5.32 Å². The predicted molar refractivity (Wildman–Crippen MR) is 76.2 cm³/mol. The van der Waals surface area contributed by atoms with Gasteiger partial charge in [0.1, 0.15) is 0 Å². The lowest BCUT2D eigenvalue weighted by Crippen LogP contribution is -2.13. The van der Waals surface area contributed by atoms with Crippen molar-refractivity contribution in [3.05, 3.63) is 42.4 Å². The molecule has 1 amide bonds. The monoisotopic (exact) mass is 285 g/mol. The van der Waals surface area contributed by atoms with Gasteiger partial charge in [0.05, 0.1) is 5.88 Å². The summed E-state index contributed by atoms with van der Waals surface area (Å²) in [7, 11) is 0. The molecule has 1 aromatic rings. The molecule has 0 aromatic heterocycles. The maximum atomic E-state index is 11.2. The van der Waals surface area contributed by atoms with Crippen molar-refractivity contribution >= 4 is 35.0 Å². The minimum Gasteiger partial charge on any atom is -0.436 e. The van der Waals surface area contributed by atoms with Crippen molar-refractivity contribution in [3.63, 3.8) is 0 Å². The highest BCUT2D eigenvalue weighted by Crippen LogP contribution is 2.14. The van der Waals surface area contributed by atoms with Crippen LogP contribution >= 0.6 is 23.2 Å². The molecule has 0 radical (unpaired) electrons. The van der Waals surface area contributed by atoms with E-state index in [4.69, 9.17) is 27.9 Å². The number of carbonyl (C=O) groups excluding carboxylic acids is 1. The Hall–Kier alpha value is -1.63. The van der Waals surface area contributed by atoms with Gasteiger partial charge in [0.15, 0.2) is 6.61 Å². The van der Waals surface area contributed by atoms with Crippen LogP contribution in [0.15, 0.2) is 37.4 Å². The third-order valence-electron chi connectivity index (χ3n) is 1.54. The number of hydrogen-bond acceptors (Lipinski definition) is 2. The van der Waals surface area contributed by atoms with Gasteiger partial charge in [-0.1, -0.05) is 29.5 Å². The Balaban J connectivity index is 0.00000137. The number of halogens is 2. The smallest absolute Gasteiger partial charge is 0.412 e. The Morgan fingerprint density at radius 3 is 2.72 bits per heavy atom. The Morgan fingerprint density at radius 2 is 2.11 bits per heavy atom. The third-order valence-corrected chi connectivity index (χ3v) is 1.91. The highest BCUT2D eigenvalue weighted by molar-refractivity contribution is 6.30. The molecule has 0 atom stereocenters. The Labute approximate surface area is 117 Å². The first-order valence-corrected chi connectivity index (χ1v) is 5.84. The zero-order valence-corrected chi connectivity index (χ0v) is 11.2. The second-order valence-electron chi connectivity index (χ2n) is 2.70. The number of hydrogen-bond donors (Lipinski definition) is 1. The quantitative estimate of drug-likeness (QED) is 0.508. The zero-order valence-electron chi connectivity index (χ0n) is 9.71. The summed E-state index contributed by atoms with van der Waals surface area (Å²) in [5.74, 6) is 5.36. The molecule has 5 heteroatoms. The van der Waals surface area contributed by atoms with Gasteiger partial charge in [-0.2, -0.15) is 0 Å². The van der Waals surface area contributed by atoms with Crippen LogP contribution in [0.2, 0.25) is 5.02 Å². The van der Waals surface area contributed by atoms with Gasteiger partial charge in [-0.05, 0) is 18.2 Å². The second-order valence-corrected chi connectivity index (χ2v) is 3.40. The van der Waals surface area contributed by atoms with Gasteiger partial charge in [0.2, 0.25) is 0 Å². The summed E-state index contributed by atoms with van der Waals surface area (Å²) in [4.78, 5) is 11.2. The van der Waals surface area contributed by atoms with Gasteiger partial charge < -0.3 is 4.74 Å². The Kier molecular flexibility index (Phi) is 9.57. The minimum absolute atomic E-state index is 0.0130. The van der Waals surface area contributed by atoms with Crippen LogP contribution in [-0.2, 0) is 4.74 Å². The summed E-state index contributed by atoms with van der Waals surface area (Å²) < 4.78 is 4.76. The van der Waals surface area contributed by atoms with Crippen LogP contribution in [-0.4, -0.2) is 18.6 Å². The molecule has 1 rings (SSSR count). The number of carbonyl (C=O) groups is 1. The fraction of sp³-hybridized carbons (Fsp3) is 0.154. The molecule has 1 N–H and O–H groups in total. The summed E-state index contributed by atoms with van der Waals surface area (Å²) >= 11 is 11.1. The van der Waals surface area contributed by atoms with Gasteiger partial charge in [0.25, 0.3) is 0 Å². The predicted octanol–water partition coefficient (Wildman–Crippen LogP) is 3.93. The maximum absolute atomic E-state index is 11.2. The first-order valence-electron chi connectivity index (χ1n) is 4.93. The van der Waals surface area contributed by atoms with Crippen LogP contribution in [0.25, 0.3) is 0 Å². The molecule has 0 heterocycles. The first kappa shape index (κ1) is 16.4. The van der Waals surface area contributed by atoms with E-state index in [0.717, 1.165) is 0 Å². The maximum Gasteiger partial charge on any atom is 0.412 e. The van der Waals surface area contributed by atoms with Crippen LogP contribution in [0.5, 0.6) is 0 Å². The van der Waals surface area contributed by atoms with Crippen LogP contribution in [0.1, 0.15) is 0 Å². The van der Waals surface area contributed by atoms with Crippen molar-refractivity contribution in [1.82, 2.24) is 0 Å². The molecular weight excluding hydrogens is 273 g/mol. The van der Waals surface area contributed by atoms with Crippen LogP contribution in [0.3, 0.4) is 0 Å². The number of ether oxygens (including phenoxy) is 1. The van der Waals surface area contributed by atoms with E-state index in [1.165, 1.54) is 0 Å². The molecule has 1 aromatic carbocycles. The summed E-state index contributed by atoms with van der Waals surface area (Å²) in [6.07, 6.45) is -0.578. The largest absolute Gasteiger partial charge is 0.436 e. The number of alkyl halides is 1. The van der Waals surface area contributed by atoms with Gasteiger partial charge >= 0.3 is 6.09 Å². The van der Waals surface area contributed by atoms with E-state index in [2.05, 4.69) is 30.3 Å². The Bertz CT molecular complexity index is 438. The molecular formula is C13H13Cl2NO2. The van der Waals surface area contributed by atoms with Gasteiger partial charge in [-0.25, -0.2) is 4.79 Å². The minimum atomic E-state index is -0.578. The summed E-state index contributed by atoms with van der Waals surface area (Å²) in [5.41, 5.74) is 0.572. The fourth-order valence-electron chi connectivity index (χ4n) is 0.920. The molecule has 0 spiro atoms. The van der Waals surface area contributed by atoms with E-state index < -0.39 is 6.09 Å². The summed E-state index contributed by atoms with van der Waals surface area (Å²) in [6.45, 7) is 6.01. The molecule has 3 nitrogen and oxygen atoms in total. The number of nitrogens with one attached hydrogen (secondary N) is 1. The van der Waals surface area contributed by atoms with E-state index in [9.17, 15) is 4.79 Å². The molecule has 18 heavy (non-hydrogen) atoms. The normalized spacial score (nSPS) is 8.11. The van der Waals surface area contributed by atoms with Crippen molar-refractivity contribution in [2.24, 2.45) is 0 Å². The molecule has 0 saturated heterocycles. The fourth-order valence-corrected chi connectivity index (χ4v) is 1.20. The molecule has 0 unspecified atom stereocenters. The van der Waals surface area contributed by atoms with Gasteiger partial charge in [0, 0.05) is 10.7 Å². The van der Waals surface area contributed by atoms with Crippen molar-refractivity contribution in [3.8, 4) is 11.8 Å². The highest BCUT2D eigenvalue weighted by atomic mass is 35.5. The summed E-state index contributed by atoms with van der Waals surface area (Å²) in [6, 6.07) is 6.76. The second kappa shape index (κ2) is 10.5. The van der Waals surface area contributed by atoms with E-state index in [1.807, 2.05) is 0 Å². The van der Waals surface area contributed by atoms with E-state index in [-0.39, 0.29) is 12.5 Å². The standard InChI is InChI=1S/C11H9Cl2NO2.C2H4/c12-6-1-2-7-16-11(15)14-10-5-3-4-9(13)8-10;1-2/h3-5,8H,6-7H2,(H,14,15);1-2H2. The zero-order chi connectivity index (χ0) is 13.8. The summed E-state index contributed by atoms with van der Waals surface area (Å²) in [5, 5.41) is 3.05. The van der Waals surface area contributed by atoms with Crippen LogP contribution in [0.4, 0.5) is 10.5 Å². The van der Waals surface area contributed by atoms with Crippen molar-refractivity contribution < 1.29 is 9.53 Å². The topological polar surface area (TPSA) is 38.3 Å². The molecule has 0 bridgehead atoms. The average molecular weight is 286 g/mol. The number of rotatable bonds is 2. The average Bonchev–Trinajstić information content (AvgIpc) is 2.37. The van der Waals surface area contributed by atoms with E-state index >= 15 is 0 Å². The van der Waals surface area contributed by atoms with Crippen molar-refractivity contribution in [2.45, 2.75) is 0 Å².